The van der Waals surface area contributed by atoms with E-state index in [0.717, 1.165) is 11.0 Å². The maximum atomic E-state index is 10.3. The lowest BCUT2D eigenvalue weighted by Crippen LogP contribution is -2.09. The summed E-state index contributed by atoms with van der Waals surface area (Å²) in [6.45, 7) is 0. The monoisotopic (exact) mass is 283 g/mol. The Bertz CT molecular complexity index is 868. The highest BCUT2D eigenvalue weighted by molar-refractivity contribution is 5.73. The summed E-state index contributed by atoms with van der Waals surface area (Å²) >= 11 is 0. The number of H-pyrrole nitrogens is 1. The number of nitrogens with one attached hydrogen (secondary N) is 1. The summed E-state index contributed by atoms with van der Waals surface area (Å²) in [4.78, 5) is 11.0. The molecule has 2 aromatic carbocycles. The van der Waals surface area contributed by atoms with Crippen LogP contribution < -0.4 is 0 Å². The van der Waals surface area contributed by atoms with E-state index in [1.165, 1.54) is 0 Å². The zero-order valence-corrected chi connectivity index (χ0v) is 10.6. The smallest absolute Gasteiger partial charge is 0.183 e. The molecule has 0 aliphatic carbocycles. The van der Waals surface area contributed by atoms with E-state index in [4.69, 9.17) is 0 Å². The molecule has 0 saturated carbocycles. The first-order chi connectivity index (χ1) is 10.3. The number of aromatic nitrogens is 6. The van der Waals surface area contributed by atoms with Crippen molar-refractivity contribution in [2.24, 2.45) is 0 Å². The van der Waals surface area contributed by atoms with Crippen LogP contribution in [-0.2, 0) is 0 Å². The molecule has 0 atom stereocenters. The summed E-state index contributed by atoms with van der Waals surface area (Å²) in [7, 11) is 0. The second kappa shape index (κ2) is 5.33. The first kappa shape index (κ1) is 12.7. The Labute approximate surface area is 117 Å². The first-order valence-corrected chi connectivity index (χ1v) is 5.96. The largest absolute Gasteiger partial charge is 0.339 e. The number of fused-ring (bicyclic) bond motifs is 2. The predicted molar refractivity (Wildman–Crippen MR) is 73.8 cm³/mol. The molecule has 2 heterocycles. The van der Waals surface area contributed by atoms with E-state index in [9.17, 15) is 10.1 Å². The second-order valence-electron chi connectivity index (χ2n) is 4.02. The zero-order valence-electron chi connectivity index (χ0n) is 10.6. The van der Waals surface area contributed by atoms with Crippen LogP contribution in [0.5, 0.6) is 0 Å². The molecule has 104 valence electrons. The number of hydrogen-bond acceptors (Lipinski definition) is 6. The molecule has 0 fully saturated rings. The summed E-state index contributed by atoms with van der Waals surface area (Å²) in [5, 5.41) is 27.0. The SMILES string of the molecule is O=[N+]([O-])n1nnc2ccccc21.c1ccc2n[nH]nc2c1. The van der Waals surface area contributed by atoms with Gasteiger partial charge in [-0.1, -0.05) is 24.3 Å². The molecule has 4 rings (SSSR count). The summed E-state index contributed by atoms with van der Waals surface area (Å²) < 4.78 is 0. The van der Waals surface area contributed by atoms with Crippen molar-refractivity contribution in [2.45, 2.75) is 0 Å². The summed E-state index contributed by atoms with van der Waals surface area (Å²) in [5.41, 5.74) is 2.76. The molecule has 0 saturated heterocycles. The third-order valence-corrected chi connectivity index (χ3v) is 2.71. The highest BCUT2D eigenvalue weighted by atomic mass is 16.7. The summed E-state index contributed by atoms with van der Waals surface area (Å²) in [6.07, 6.45) is 0. The molecule has 0 aliphatic heterocycles. The van der Waals surface area contributed by atoms with Gasteiger partial charge in [0.1, 0.15) is 16.6 Å². The molecule has 9 nitrogen and oxygen atoms in total. The molecule has 0 aliphatic rings. The van der Waals surface area contributed by atoms with Crippen LogP contribution in [0.15, 0.2) is 48.5 Å². The lowest BCUT2D eigenvalue weighted by Gasteiger charge is -1.89. The van der Waals surface area contributed by atoms with Crippen LogP contribution in [0.1, 0.15) is 0 Å². The first-order valence-electron chi connectivity index (χ1n) is 5.96. The molecular weight excluding hydrogens is 274 g/mol. The van der Waals surface area contributed by atoms with Crippen LogP contribution in [0.25, 0.3) is 22.1 Å². The average molecular weight is 283 g/mol. The summed E-state index contributed by atoms with van der Waals surface area (Å²) in [6, 6.07) is 14.4. The Morgan fingerprint density at radius 2 is 1.52 bits per heavy atom. The van der Waals surface area contributed by atoms with Crippen LogP contribution in [0, 0.1) is 10.1 Å². The Morgan fingerprint density at radius 1 is 0.952 bits per heavy atom. The quantitative estimate of drug-likeness (QED) is 0.417. The Morgan fingerprint density at radius 3 is 2.14 bits per heavy atom. The normalized spacial score (nSPS) is 10.3. The van der Waals surface area contributed by atoms with Gasteiger partial charge in [0.2, 0.25) is 0 Å². The Kier molecular flexibility index (Phi) is 3.21. The van der Waals surface area contributed by atoms with Crippen LogP contribution in [-0.4, -0.2) is 35.5 Å². The summed E-state index contributed by atoms with van der Waals surface area (Å²) in [5.74, 6) is 0. The van der Waals surface area contributed by atoms with Gasteiger partial charge in [0.15, 0.2) is 10.7 Å². The van der Waals surface area contributed by atoms with Gasteiger partial charge >= 0.3 is 0 Å². The molecule has 9 heteroatoms. The fraction of sp³-hybridized carbons (Fsp3) is 0. The minimum absolute atomic E-state index is 0.405. The molecular formula is C12H9N7O2. The van der Waals surface area contributed by atoms with Crippen molar-refractivity contribution in [3.8, 4) is 0 Å². The molecule has 4 aromatic rings. The number of benzene rings is 2. The zero-order chi connectivity index (χ0) is 14.7. The van der Waals surface area contributed by atoms with Crippen molar-refractivity contribution < 1.29 is 5.03 Å². The van der Waals surface area contributed by atoms with Crippen molar-refractivity contribution in [3.63, 3.8) is 0 Å². The van der Waals surface area contributed by atoms with Gasteiger partial charge in [-0.05, 0) is 29.4 Å². The topological polar surface area (TPSA) is 115 Å². The molecule has 0 bridgehead atoms. The van der Waals surface area contributed by atoms with Crippen molar-refractivity contribution >= 4 is 22.1 Å². The third kappa shape index (κ3) is 2.52. The van der Waals surface area contributed by atoms with Crippen molar-refractivity contribution in [3.05, 3.63) is 58.6 Å². The number of para-hydroxylation sites is 3. The number of rotatable bonds is 1. The second-order valence-corrected chi connectivity index (χ2v) is 4.02. The molecule has 0 unspecified atom stereocenters. The van der Waals surface area contributed by atoms with Crippen LogP contribution >= 0.6 is 0 Å². The van der Waals surface area contributed by atoms with Crippen molar-refractivity contribution in [1.82, 2.24) is 30.5 Å². The lowest BCUT2D eigenvalue weighted by atomic mass is 10.3. The van der Waals surface area contributed by atoms with Crippen LogP contribution in [0.2, 0.25) is 0 Å². The number of nitro groups is 1. The minimum atomic E-state index is -0.616. The third-order valence-electron chi connectivity index (χ3n) is 2.71. The number of aromatic amines is 1. The Hall–Kier alpha value is -3.36. The van der Waals surface area contributed by atoms with Gasteiger partial charge in [-0.25, -0.2) is 0 Å². The highest BCUT2D eigenvalue weighted by Gasteiger charge is 2.11. The Balaban J connectivity index is 0.000000131. The predicted octanol–water partition coefficient (Wildman–Crippen LogP) is 1.43. The minimum Gasteiger partial charge on any atom is -0.339 e. The van der Waals surface area contributed by atoms with E-state index >= 15 is 0 Å². The molecule has 0 amide bonds. The van der Waals surface area contributed by atoms with Gasteiger partial charge in [0.05, 0.1) is 9.82 Å². The van der Waals surface area contributed by atoms with Crippen molar-refractivity contribution in [1.29, 1.82) is 0 Å². The van der Waals surface area contributed by atoms with Gasteiger partial charge in [-0.15, -0.1) is 0 Å². The van der Waals surface area contributed by atoms with Crippen molar-refractivity contribution in [2.75, 3.05) is 0 Å². The van der Waals surface area contributed by atoms with E-state index < -0.39 is 5.03 Å². The van der Waals surface area contributed by atoms with Gasteiger partial charge in [0, 0.05) is 0 Å². The molecule has 21 heavy (non-hydrogen) atoms. The maximum Gasteiger partial charge on any atom is 0.183 e. The molecule has 2 aromatic heterocycles. The highest BCUT2D eigenvalue weighted by Crippen LogP contribution is 2.08. The van der Waals surface area contributed by atoms with Gasteiger partial charge < -0.3 is 10.1 Å². The van der Waals surface area contributed by atoms with Gasteiger partial charge in [-0.2, -0.15) is 15.4 Å². The van der Waals surface area contributed by atoms with E-state index in [-0.39, 0.29) is 0 Å². The van der Waals surface area contributed by atoms with E-state index in [0.29, 0.717) is 15.8 Å². The van der Waals surface area contributed by atoms with E-state index in [1.807, 2.05) is 24.3 Å². The number of hydrogen-bond donors (Lipinski definition) is 1. The lowest BCUT2D eigenvalue weighted by molar-refractivity contribution is -0.549. The van der Waals surface area contributed by atoms with E-state index in [2.05, 4.69) is 25.7 Å². The van der Waals surface area contributed by atoms with E-state index in [1.54, 1.807) is 24.3 Å². The van der Waals surface area contributed by atoms with Gasteiger partial charge in [-0.3, -0.25) is 0 Å². The maximum absolute atomic E-state index is 10.3. The molecule has 0 spiro atoms. The standard InChI is InChI=1S/C6H4N4O2.C6H5N3/c11-10(12)9-6-4-2-1-3-5(6)7-8-9;1-2-4-6-5(3-1)7-9-8-6/h1-4H;1-4H,(H,7,8,9). The van der Waals surface area contributed by atoms with Gasteiger partial charge in [0.25, 0.3) is 0 Å². The van der Waals surface area contributed by atoms with Crippen LogP contribution in [0.3, 0.4) is 0 Å². The number of nitrogens with zero attached hydrogens (tertiary/aromatic N) is 6. The average Bonchev–Trinajstić information content (AvgIpc) is 3.14. The fourth-order valence-corrected chi connectivity index (χ4v) is 1.76. The molecule has 0 radical (unpaired) electrons. The molecule has 1 N–H and O–H groups in total. The fourth-order valence-electron chi connectivity index (χ4n) is 1.76. The van der Waals surface area contributed by atoms with Crippen LogP contribution in [0.4, 0.5) is 0 Å².